The minimum atomic E-state index is -0.179. The van der Waals surface area contributed by atoms with Crippen LogP contribution in [0.2, 0.25) is 0 Å². The number of aryl methyl sites for hydroxylation is 2. The summed E-state index contributed by atoms with van der Waals surface area (Å²) < 4.78 is 16.0. The summed E-state index contributed by atoms with van der Waals surface area (Å²) in [5.74, 6) is 2.94. The van der Waals surface area contributed by atoms with Crippen LogP contribution >= 0.6 is 0 Å². The molecule has 1 aliphatic carbocycles. The molecule has 2 atom stereocenters. The van der Waals surface area contributed by atoms with Crippen LogP contribution in [0.5, 0.6) is 0 Å². The quantitative estimate of drug-likeness (QED) is 0.268. The molecule has 0 radical (unpaired) electrons. The van der Waals surface area contributed by atoms with Gasteiger partial charge >= 0.3 is 0 Å². The number of hydrogen-bond donors (Lipinski definition) is 2. The van der Waals surface area contributed by atoms with E-state index in [1.807, 2.05) is 41.1 Å². The Bertz CT molecular complexity index is 1370. The van der Waals surface area contributed by atoms with Crippen molar-refractivity contribution in [3.8, 4) is 0 Å². The lowest BCUT2D eigenvalue weighted by atomic mass is 9.87. The number of nitrogens with zero attached hydrogens (tertiary/aromatic N) is 7. The number of nitrogens with one attached hydrogen (secondary N) is 2. The summed E-state index contributed by atoms with van der Waals surface area (Å²) in [5, 5.41) is 11.1. The fraction of sp³-hybridized carbons (Fsp3) is 0.607. The van der Waals surface area contributed by atoms with Gasteiger partial charge in [-0.25, -0.2) is 9.97 Å². The van der Waals surface area contributed by atoms with Gasteiger partial charge in [-0.3, -0.25) is 4.57 Å². The van der Waals surface area contributed by atoms with Crippen molar-refractivity contribution in [3.05, 3.63) is 42.1 Å². The molecule has 1 aliphatic heterocycles. The summed E-state index contributed by atoms with van der Waals surface area (Å²) in [6.45, 7) is 3.63. The predicted octanol–water partition coefficient (Wildman–Crippen LogP) is 5.20. The van der Waals surface area contributed by atoms with Crippen molar-refractivity contribution in [2.24, 2.45) is 13.0 Å². The Morgan fingerprint density at radius 3 is 2.67 bits per heavy atom. The van der Waals surface area contributed by atoms with Crippen LogP contribution in [0.15, 0.2) is 29.4 Å². The van der Waals surface area contributed by atoms with E-state index in [4.69, 9.17) is 24.2 Å². The zero-order chi connectivity index (χ0) is 26.6. The molecule has 6 rings (SSSR count). The lowest BCUT2D eigenvalue weighted by Gasteiger charge is -2.21. The number of rotatable bonds is 11. The SMILES string of the molecule is CCc1cc(C2CCC(n3cnc4c(NCCC5CCCCC5)nc(NCCc5cn(C)cn5)nc43)O2)on1. The molecular formula is C28H39N9O2. The first-order chi connectivity index (χ1) is 19.2. The Hall–Kier alpha value is -3.47. The number of imidazole rings is 2. The summed E-state index contributed by atoms with van der Waals surface area (Å²) in [7, 11) is 1.98. The maximum Gasteiger partial charge on any atom is 0.226 e. The Morgan fingerprint density at radius 2 is 1.87 bits per heavy atom. The second-order valence-electron chi connectivity index (χ2n) is 10.9. The monoisotopic (exact) mass is 533 g/mol. The molecule has 4 aromatic rings. The van der Waals surface area contributed by atoms with Crippen molar-refractivity contribution in [2.45, 2.75) is 83.5 Å². The minimum Gasteiger partial charge on any atom is -0.368 e. The fourth-order valence-corrected chi connectivity index (χ4v) is 5.78. The summed E-state index contributed by atoms with van der Waals surface area (Å²) in [6.07, 6.45) is 16.6. The lowest BCUT2D eigenvalue weighted by molar-refractivity contribution is -0.00874. The molecule has 2 fully saturated rings. The van der Waals surface area contributed by atoms with Crippen LogP contribution in [-0.4, -0.2) is 47.3 Å². The molecule has 2 N–H and O–H groups in total. The fourth-order valence-electron chi connectivity index (χ4n) is 5.78. The maximum atomic E-state index is 6.42. The summed E-state index contributed by atoms with van der Waals surface area (Å²) in [4.78, 5) is 18.9. The van der Waals surface area contributed by atoms with Crippen LogP contribution in [0.4, 0.5) is 11.8 Å². The number of aromatic nitrogens is 7. The lowest BCUT2D eigenvalue weighted by Crippen LogP contribution is -2.15. The smallest absolute Gasteiger partial charge is 0.226 e. The van der Waals surface area contributed by atoms with Crippen molar-refractivity contribution in [1.29, 1.82) is 0 Å². The molecule has 11 nitrogen and oxygen atoms in total. The third-order valence-electron chi connectivity index (χ3n) is 7.98. The highest BCUT2D eigenvalue weighted by Crippen LogP contribution is 2.39. The highest BCUT2D eigenvalue weighted by Gasteiger charge is 2.32. The molecular weight excluding hydrogens is 494 g/mol. The first kappa shape index (κ1) is 25.8. The third-order valence-corrected chi connectivity index (χ3v) is 7.98. The van der Waals surface area contributed by atoms with Crippen LogP contribution in [0.25, 0.3) is 11.2 Å². The Balaban J connectivity index is 1.20. The van der Waals surface area contributed by atoms with E-state index in [-0.39, 0.29) is 12.3 Å². The molecule has 39 heavy (non-hydrogen) atoms. The normalized spacial score (nSPS) is 20.2. The largest absolute Gasteiger partial charge is 0.368 e. The molecule has 11 heteroatoms. The molecule has 5 heterocycles. The van der Waals surface area contributed by atoms with Crippen molar-refractivity contribution in [1.82, 2.24) is 34.2 Å². The van der Waals surface area contributed by atoms with Gasteiger partial charge in [0, 0.05) is 38.8 Å². The van der Waals surface area contributed by atoms with E-state index in [9.17, 15) is 0 Å². The first-order valence-corrected chi connectivity index (χ1v) is 14.5. The van der Waals surface area contributed by atoms with E-state index in [0.29, 0.717) is 12.5 Å². The highest BCUT2D eigenvalue weighted by atomic mass is 16.5. The van der Waals surface area contributed by atoms with Crippen LogP contribution in [0, 0.1) is 5.92 Å². The van der Waals surface area contributed by atoms with Crippen LogP contribution in [0.1, 0.15) is 87.8 Å². The predicted molar refractivity (Wildman–Crippen MR) is 148 cm³/mol. The minimum absolute atomic E-state index is 0.119. The van der Waals surface area contributed by atoms with Crippen molar-refractivity contribution >= 4 is 22.9 Å². The van der Waals surface area contributed by atoms with Gasteiger partial charge in [0.1, 0.15) is 12.3 Å². The second-order valence-corrected chi connectivity index (χ2v) is 10.9. The molecule has 1 saturated heterocycles. The molecule has 208 valence electrons. The Kier molecular flexibility index (Phi) is 7.76. The van der Waals surface area contributed by atoms with Gasteiger partial charge in [0.15, 0.2) is 22.7 Å². The van der Waals surface area contributed by atoms with E-state index in [0.717, 1.165) is 78.7 Å². The van der Waals surface area contributed by atoms with Gasteiger partial charge < -0.3 is 24.5 Å². The van der Waals surface area contributed by atoms with Gasteiger partial charge in [-0.05, 0) is 31.6 Å². The first-order valence-electron chi connectivity index (χ1n) is 14.5. The molecule has 0 amide bonds. The van der Waals surface area contributed by atoms with Gasteiger partial charge in [0.05, 0.1) is 24.0 Å². The summed E-state index contributed by atoms with van der Waals surface area (Å²) in [5.41, 5.74) is 3.52. The molecule has 2 unspecified atom stereocenters. The van der Waals surface area contributed by atoms with Crippen molar-refractivity contribution < 1.29 is 9.26 Å². The Morgan fingerprint density at radius 1 is 0.974 bits per heavy atom. The van der Waals surface area contributed by atoms with E-state index in [1.165, 1.54) is 32.1 Å². The van der Waals surface area contributed by atoms with E-state index < -0.39 is 0 Å². The number of hydrogen-bond acceptors (Lipinski definition) is 9. The number of ether oxygens (including phenoxy) is 1. The molecule has 0 spiro atoms. The van der Waals surface area contributed by atoms with Crippen LogP contribution in [-0.2, 0) is 24.6 Å². The van der Waals surface area contributed by atoms with Crippen LogP contribution < -0.4 is 10.6 Å². The van der Waals surface area contributed by atoms with Gasteiger partial charge in [-0.1, -0.05) is 44.2 Å². The maximum absolute atomic E-state index is 6.42. The zero-order valence-corrected chi connectivity index (χ0v) is 23.0. The number of anilines is 2. The van der Waals surface area contributed by atoms with Crippen LogP contribution in [0.3, 0.4) is 0 Å². The average Bonchev–Trinajstić information content (AvgIpc) is 3.75. The topological polar surface area (TPSA) is 121 Å². The zero-order valence-electron chi connectivity index (χ0n) is 23.0. The molecule has 1 saturated carbocycles. The Labute approximate surface area is 228 Å². The summed E-state index contributed by atoms with van der Waals surface area (Å²) in [6, 6.07) is 2.00. The van der Waals surface area contributed by atoms with Gasteiger partial charge in [0.25, 0.3) is 0 Å². The van der Waals surface area contributed by atoms with Gasteiger partial charge in [-0.2, -0.15) is 9.97 Å². The standard InChI is InChI=1S/C28H39N9O2/c1-3-20-15-23(39-35-20)22-9-10-24(38-22)37-18-32-25-26(29-13-11-19-7-5-4-6-8-19)33-28(34-27(25)37)30-14-12-21-16-36(2)17-31-21/h15-19,22,24H,3-14H2,1-2H3,(H2,29,30,33,34). The molecule has 0 aromatic carbocycles. The van der Waals surface area contributed by atoms with E-state index in [2.05, 4.69) is 27.7 Å². The van der Waals surface area contributed by atoms with Gasteiger partial charge in [0.2, 0.25) is 5.95 Å². The van der Waals surface area contributed by atoms with Crippen molar-refractivity contribution in [3.63, 3.8) is 0 Å². The van der Waals surface area contributed by atoms with Crippen molar-refractivity contribution in [2.75, 3.05) is 23.7 Å². The highest BCUT2D eigenvalue weighted by molar-refractivity contribution is 5.84. The molecule has 2 aliphatic rings. The molecule has 0 bridgehead atoms. The summed E-state index contributed by atoms with van der Waals surface area (Å²) >= 11 is 0. The third kappa shape index (κ3) is 5.93. The second kappa shape index (κ2) is 11.7. The number of fused-ring (bicyclic) bond motifs is 1. The van der Waals surface area contributed by atoms with Gasteiger partial charge in [-0.15, -0.1) is 0 Å². The van der Waals surface area contributed by atoms with E-state index >= 15 is 0 Å². The molecule has 4 aromatic heterocycles. The average molecular weight is 534 g/mol. The van der Waals surface area contributed by atoms with E-state index in [1.54, 1.807) is 0 Å².